The van der Waals surface area contributed by atoms with Crippen molar-refractivity contribution in [2.75, 3.05) is 0 Å². The molecule has 0 saturated heterocycles. The summed E-state index contributed by atoms with van der Waals surface area (Å²) >= 11 is 0. The van der Waals surface area contributed by atoms with Crippen LogP contribution in [0.5, 0.6) is 11.5 Å². The van der Waals surface area contributed by atoms with Gasteiger partial charge in [0.15, 0.2) is 0 Å². The van der Waals surface area contributed by atoms with Crippen molar-refractivity contribution in [1.82, 2.24) is 19.3 Å². The van der Waals surface area contributed by atoms with Crippen molar-refractivity contribution in [3.8, 4) is 34.1 Å². The number of ether oxygens (including phenoxy) is 1. The van der Waals surface area contributed by atoms with Crippen LogP contribution in [0.4, 0.5) is 8.78 Å². The van der Waals surface area contributed by atoms with Crippen LogP contribution < -0.4 is 4.74 Å². The molecule has 0 aliphatic rings. The first-order valence-corrected chi connectivity index (χ1v) is 14.5. The van der Waals surface area contributed by atoms with Crippen LogP contribution in [0.3, 0.4) is 0 Å². The van der Waals surface area contributed by atoms with Gasteiger partial charge in [-0.2, -0.15) is 5.10 Å². The Morgan fingerprint density at radius 2 is 1.48 bits per heavy atom. The summed E-state index contributed by atoms with van der Waals surface area (Å²) in [6.45, 7) is 4.42. The van der Waals surface area contributed by atoms with Gasteiger partial charge in [0.2, 0.25) is 0 Å². The first-order chi connectivity index (χ1) is 21.4. The van der Waals surface area contributed by atoms with Crippen LogP contribution in [0, 0.1) is 20.8 Å². The van der Waals surface area contributed by atoms with Crippen molar-refractivity contribution in [1.29, 1.82) is 0 Å². The predicted molar refractivity (Wildman–Crippen MR) is 171 cm³/mol. The monoisotopic (exact) mass is 584 g/mol. The topological polar surface area (TPSA) is 44.9 Å². The summed E-state index contributed by atoms with van der Waals surface area (Å²) in [6, 6.07) is 27.9. The summed E-state index contributed by atoms with van der Waals surface area (Å²) in [5, 5.41) is 6.80. The SMILES string of the molecule is Cc1ccnc(-n2c3ccccc3c3ccc(Oc4cccc(-n5cc(-c6c(CF)c(C)cc(C)c6CF)cn5)c4)cc32)c1. The highest BCUT2D eigenvalue weighted by Crippen LogP contribution is 2.36. The van der Waals surface area contributed by atoms with Gasteiger partial charge in [0, 0.05) is 40.9 Å². The molecular weight excluding hydrogens is 554 g/mol. The lowest BCUT2D eigenvalue weighted by atomic mass is 9.90. The van der Waals surface area contributed by atoms with E-state index in [1.165, 1.54) is 0 Å². The normalized spacial score (nSPS) is 11.5. The fourth-order valence-electron chi connectivity index (χ4n) is 6.09. The van der Waals surface area contributed by atoms with Crippen molar-refractivity contribution in [3.63, 3.8) is 0 Å². The van der Waals surface area contributed by atoms with Crippen molar-refractivity contribution >= 4 is 21.8 Å². The summed E-state index contributed by atoms with van der Waals surface area (Å²) in [4.78, 5) is 4.67. The summed E-state index contributed by atoms with van der Waals surface area (Å²) in [5.74, 6) is 2.17. The van der Waals surface area contributed by atoms with Gasteiger partial charge in [0.25, 0.3) is 0 Å². The van der Waals surface area contributed by atoms with Gasteiger partial charge in [-0.15, -0.1) is 0 Å². The Labute approximate surface area is 254 Å². The molecule has 0 radical (unpaired) electrons. The number of halogens is 2. The van der Waals surface area contributed by atoms with Crippen LogP contribution in [-0.4, -0.2) is 19.3 Å². The molecule has 0 N–H and O–H groups in total. The molecule has 7 aromatic rings. The number of pyridine rings is 1. The number of aromatic nitrogens is 4. The highest BCUT2D eigenvalue weighted by molar-refractivity contribution is 6.09. The highest BCUT2D eigenvalue weighted by atomic mass is 19.1. The van der Waals surface area contributed by atoms with Gasteiger partial charge in [0.05, 0.1) is 22.9 Å². The molecule has 0 unspecified atom stereocenters. The zero-order valence-electron chi connectivity index (χ0n) is 24.7. The Hall–Kier alpha value is -5.30. The lowest BCUT2D eigenvalue weighted by Crippen LogP contribution is -2.00. The summed E-state index contributed by atoms with van der Waals surface area (Å²) in [6.07, 6.45) is 5.30. The van der Waals surface area contributed by atoms with Gasteiger partial charge in [-0.1, -0.05) is 30.3 Å². The minimum Gasteiger partial charge on any atom is -0.457 e. The molecule has 0 bridgehead atoms. The average Bonchev–Trinajstić information content (AvgIpc) is 3.64. The summed E-state index contributed by atoms with van der Waals surface area (Å²) in [7, 11) is 0. The van der Waals surface area contributed by atoms with Gasteiger partial charge < -0.3 is 4.74 Å². The molecule has 3 aromatic heterocycles. The number of nitrogens with zero attached hydrogens (tertiary/aromatic N) is 4. The van der Waals surface area contributed by atoms with Crippen LogP contribution >= 0.6 is 0 Å². The van der Waals surface area contributed by atoms with Crippen molar-refractivity contribution in [2.24, 2.45) is 0 Å². The molecule has 0 aliphatic carbocycles. The Morgan fingerprint density at radius 3 is 2.25 bits per heavy atom. The number of para-hydroxylation sites is 1. The fraction of sp³-hybridized carbons (Fsp3) is 0.135. The fourth-order valence-corrected chi connectivity index (χ4v) is 6.09. The predicted octanol–water partition coefficient (Wildman–Crippen LogP) is 9.69. The first kappa shape index (κ1) is 27.5. The Morgan fingerprint density at radius 1 is 0.727 bits per heavy atom. The van der Waals surface area contributed by atoms with E-state index >= 15 is 0 Å². The second kappa shape index (κ2) is 11.1. The van der Waals surface area contributed by atoms with Crippen LogP contribution in [0.2, 0.25) is 0 Å². The zero-order chi connectivity index (χ0) is 30.4. The van der Waals surface area contributed by atoms with E-state index in [9.17, 15) is 8.78 Å². The maximum absolute atomic E-state index is 14.1. The lowest BCUT2D eigenvalue weighted by molar-refractivity contribution is 0.474. The Kier molecular flexibility index (Phi) is 6.93. The summed E-state index contributed by atoms with van der Waals surface area (Å²) in [5.41, 5.74) is 7.81. The van der Waals surface area contributed by atoms with E-state index in [0.29, 0.717) is 33.8 Å². The maximum Gasteiger partial charge on any atom is 0.137 e. The number of alkyl halides is 2. The van der Waals surface area contributed by atoms with E-state index in [0.717, 1.165) is 50.0 Å². The highest BCUT2D eigenvalue weighted by Gasteiger charge is 2.18. The molecular formula is C37H30F2N4O. The largest absolute Gasteiger partial charge is 0.457 e. The second-order valence-electron chi connectivity index (χ2n) is 11.1. The minimum atomic E-state index is -0.674. The number of hydrogen-bond donors (Lipinski definition) is 0. The number of rotatable bonds is 7. The van der Waals surface area contributed by atoms with E-state index in [4.69, 9.17) is 4.74 Å². The van der Waals surface area contributed by atoms with Crippen molar-refractivity contribution in [2.45, 2.75) is 34.1 Å². The van der Waals surface area contributed by atoms with E-state index in [1.807, 2.05) is 86.9 Å². The molecule has 7 rings (SSSR count). The lowest BCUT2D eigenvalue weighted by Gasteiger charge is -2.15. The third kappa shape index (κ3) is 4.71. The minimum absolute atomic E-state index is 0.494. The summed E-state index contributed by atoms with van der Waals surface area (Å²) < 4.78 is 38.4. The second-order valence-corrected chi connectivity index (χ2v) is 11.1. The molecule has 4 aromatic carbocycles. The van der Waals surface area contributed by atoms with E-state index in [1.54, 1.807) is 10.9 Å². The number of fused-ring (bicyclic) bond motifs is 3. The van der Waals surface area contributed by atoms with E-state index in [2.05, 4.69) is 45.8 Å². The molecule has 218 valence electrons. The molecule has 3 heterocycles. The van der Waals surface area contributed by atoms with Gasteiger partial charge in [-0.05, 0) is 96.6 Å². The third-order valence-corrected chi connectivity index (χ3v) is 8.22. The molecule has 0 fully saturated rings. The number of benzene rings is 4. The van der Waals surface area contributed by atoms with Gasteiger partial charge in [0.1, 0.15) is 30.7 Å². The standard InChI is InChI=1S/C37H30F2N4O/c1-23-13-14-40-36(15-23)43-34-10-5-4-9-30(34)31-12-11-29(18-35(31)43)44-28-8-6-7-27(17-28)42-22-26(21-41-42)37-32(19-38)24(2)16-25(3)33(37)20-39/h4-18,21-22H,19-20H2,1-3H3. The van der Waals surface area contributed by atoms with Gasteiger partial charge in [-0.25, -0.2) is 18.4 Å². The number of hydrogen-bond acceptors (Lipinski definition) is 3. The van der Waals surface area contributed by atoms with Crippen LogP contribution in [-0.2, 0) is 13.3 Å². The van der Waals surface area contributed by atoms with Gasteiger partial charge >= 0.3 is 0 Å². The molecule has 0 amide bonds. The molecule has 0 saturated carbocycles. The van der Waals surface area contributed by atoms with Crippen molar-refractivity contribution < 1.29 is 13.5 Å². The molecule has 0 spiro atoms. The molecule has 44 heavy (non-hydrogen) atoms. The van der Waals surface area contributed by atoms with Gasteiger partial charge in [-0.3, -0.25) is 4.57 Å². The first-order valence-electron chi connectivity index (χ1n) is 14.5. The van der Waals surface area contributed by atoms with Crippen LogP contribution in [0.15, 0.2) is 104 Å². The average molecular weight is 585 g/mol. The molecule has 7 heteroatoms. The quantitative estimate of drug-likeness (QED) is 0.187. The smallest absolute Gasteiger partial charge is 0.137 e. The third-order valence-electron chi connectivity index (χ3n) is 8.22. The van der Waals surface area contributed by atoms with Crippen LogP contribution in [0.1, 0.15) is 27.8 Å². The van der Waals surface area contributed by atoms with E-state index < -0.39 is 13.3 Å². The Balaban J connectivity index is 1.25. The zero-order valence-corrected chi connectivity index (χ0v) is 24.7. The van der Waals surface area contributed by atoms with E-state index in [-0.39, 0.29) is 0 Å². The number of aryl methyl sites for hydroxylation is 3. The molecule has 0 atom stereocenters. The molecule has 5 nitrogen and oxygen atoms in total. The Bertz CT molecular complexity index is 2150. The van der Waals surface area contributed by atoms with Crippen molar-refractivity contribution in [3.05, 3.63) is 131 Å². The van der Waals surface area contributed by atoms with Crippen LogP contribution in [0.25, 0.3) is 44.4 Å². The molecule has 0 aliphatic heterocycles. The maximum atomic E-state index is 14.1.